The van der Waals surface area contributed by atoms with Gasteiger partial charge in [0.2, 0.25) is 0 Å². The van der Waals surface area contributed by atoms with E-state index in [2.05, 4.69) is 22.8 Å². The lowest BCUT2D eigenvalue weighted by Gasteiger charge is -2.25. The largest absolute Gasteiger partial charge is 0.497 e. The van der Waals surface area contributed by atoms with Crippen molar-refractivity contribution in [3.8, 4) is 5.75 Å². The Balaban J connectivity index is 1.88. The van der Waals surface area contributed by atoms with Gasteiger partial charge in [-0.3, -0.25) is 0 Å². The molecule has 6 nitrogen and oxygen atoms in total. The molecule has 6 heteroatoms. The predicted molar refractivity (Wildman–Crippen MR) is 99.4 cm³/mol. The van der Waals surface area contributed by atoms with E-state index in [1.54, 1.807) is 20.1 Å². The first-order chi connectivity index (χ1) is 12.7. The van der Waals surface area contributed by atoms with Crippen molar-refractivity contribution >= 4 is 11.8 Å². The fourth-order valence-corrected chi connectivity index (χ4v) is 3.37. The summed E-state index contributed by atoms with van der Waals surface area (Å²) in [7, 11) is 1.59. The molecule has 3 N–H and O–H groups in total. The molecule has 2 aromatic carbocycles. The molecule has 0 heterocycles. The van der Waals surface area contributed by atoms with Crippen LogP contribution in [0.15, 0.2) is 42.5 Å². The van der Waals surface area contributed by atoms with Crippen LogP contribution < -0.4 is 15.4 Å². The molecule has 3 rings (SSSR count). The number of alkyl carbamates (subject to hydrolysis) is 1. The summed E-state index contributed by atoms with van der Waals surface area (Å²) in [4.78, 5) is 11.9. The molecular formula is C20H24N2O4. The Labute approximate surface area is 153 Å². The molecule has 1 amide bonds. The topological polar surface area (TPSA) is 79.8 Å². The van der Waals surface area contributed by atoms with E-state index in [0.717, 1.165) is 23.2 Å². The van der Waals surface area contributed by atoms with Gasteiger partial charge in [0, 0.05) is 11.3 Å². The van der Waals surface area contributed by atoms with Gasteiger partial charge < -0.3 is 25.2 Å². The Kier molecular flexibility index (Phi) is 5.63. The second kappa shape index (κ2) is 8.10. The fourth-order valence-electron chi connectivity index (χ4n) is 3.37. The van der Waals surface area contributed by atoms with Gasteiger partial charge in [-0.05, 0) is 42.7 Å². The van der Waals surface area contributed by atoms with E-state index < -0.39 is 6.09 Å². The molecule has 1 aliphatic carbocycles. The second-order valence-corrected chi connectivity index (χ2v) is 6.18. The number of nitrogens with one attached hydrogen (secondary N) is 2. The second-order valence-electron chi connectivity index (χ2n) is 6.18. The van der Waals surface area contributed by atoms with Gasteiger partial charge in [0.15, 0.2) is 0 Å². The maximum atomic E-state index is 11.9. The van der Waals surface area contributed by atoms with Crippen molar-refractivity contribution in [2.75, 3.05) is 19.0 Å². The number of anilines is 1. The molecule has 0 aliphatic heterocycles. The quantitative estimate of drug-likeness (QED) is 0.741. The average Bonchev–Trinajstić information content (AvgIpc) is 2.99. The van der Waals surface area contributed by atoms with Gasteiger partial charge in [-0.15, -0.1) is 0 Å². The first kappa shape index (κ1) is 18.1. The smallest absolute Gasteiger partial charge is 0.407 e. The van der Waals surface area contributed by atoms with Gasteiger partial charge in [-0.25, -0.2) is 4.79 Å². The predicted octanol–water partition coefficient (Wildman–Crippen LogP) is 3.01. The van der Waals surface area contributed by atoms with E-state index in [-0.39, 0.29) is 18.7 Å². The Hall–Kier alpha value is -2.73. The zero-order chi connectivity index (χ0) is 18.5. The summed E-state index contributed by atoms with van der Waals surface area (Å²) in [5, 5.41) is 16.1. The lowest BCUT2D eigenvalue weighted by molar-refractivity contribution is 0.147. The minimum atomic E-state index is -0.422. The SMILES string of the molecule is CCOC(=O)NC1Cc2ccccc2C1Nc1ccc(OC)cc1CO. The number of carbonyl (C=O) groups is 1. The molecule has 0 fully saturated rings. The minimum absolute atomic E-state index is 0.107. The highest BCUT2D eigenvalue weighted by Crippen LogP contribution is 2.35. The molecule has 0 radical (unpaired) electrons. The highest BCUT2D eigenvalue weighted by molar-refractivity contribution is 5.68. The number of carbonyl (C=O) groups excluding carboxylic acids is 1. The van der Waals surface area contributed by atoms with Crippen molar-refractivity contribution in [1.29, 1.82) is 0 Å². The number of rotatable bonds is 6. The third-order valence-electron chi connectivity index (χ3n) is 4.60. The highest BCUT2D eigenvalue weighted by Gasteiger charge is 2.34. The van der Waals surface area contributed by atoms with Crippen LogP contribution in [0.3, 0.4) is 0 Å². The third-order valence-corrected chi connectivity index (χ3v) is 4.60. The molecule has 26 heavy (non-hydrogen) atoms. The molecule has 2 atom stereocenters. The van der Waals surface area contributed by atoms with E-state index in [1.165, 1.54) is 5.56 Å². The molecule has 0 aromatic heterocycles. The summed E-state index contributed by atoms with van der Waals surface area (Å²) >= 11 is 0. The van der Waals surface area contributed by atoms with E-state index in [0.29, 0.717) is 12.4 Å². The number of fused-ring (bicyclic) bond motifs is 1. The number of methoxy groups -OCH3 is 1. The summed E-state index contributed by atoms with van der Waals surface area (Å²) in [5.41, 5.74) is 3.87. The van der Waals surface area contributed by atoms with Crippen LogP contribution in [0.25, 0.3) is 0 Å². The van der Waals surface area contributed by atoms with Crippen molar-refractivity contribution < 1.29 is 19.4 Å². The molecule has 0 spiro atoms. The van der Waals surface area contributed by atoms with Crippen molar-refractivity contribution in [2.45, 2.75) is 32.0 Å². The summed E-state index contributed by atoms with van der Waals surface area (Å²) in [6, 6.07) is 13.4. The standard InChI is InChI=1S/C20H24N2O4/c1-3-26-20(24)22-18-11-13-6-4-5-7-16(13)19(18)21-17-9-8-15(25-2)10-14(17)12-23/h4-10,18-19,21,23H,3,11-12H2,1-2H3,(H,22,24). The number of aliphatic hydroxyl groups excluding tert-OH is 1. The molecule has 138 valence electrons. The first-order valence-electron chi connectivity index (χ1n) is 8.71. The Morgan fingerprint density at radius 3 is 2.81 bits per heavy atom. The Morgan fingerprint density at radius 2 is 2.08 bits per heavy atom. The molecular weight excluding hydrogens is 332 g/mol. The van der Waals surface area contributed by atoms with Gasteiger partial charge in [0.25, 0.3) is 0 Å². The molecule has 2 aromatic rings. The van der Waals surface area contributed by atoms with E-state index >= 15 is 0 Å². The van der Waals surface area contributed by atoms with Crippen LogP contribution in [0.2, 0.25) is 0 Å². The molecule has 2 unspecified atom stereocenters. The minimum Gasteiger partial charge on any atom is -0.497 e. The first-order valence-corrected chi connectivity index (χ1v) is 8.71. The number of aliphatic hydroxyl groups is 1. The summed E-state index contributed by atoms with van der Waals surface area (Å²) in [5.74, 6) is 0.688. The number of hydrogen-bond acceptors (Lipinski definition) is 5. The van der Waals surface area contributed by atoms with Crippen LogP contribution in [0, 0.1) is 0 Å². The van der Waals surface area contributed by atoms with Gasteiger partial charge in [0.05, 0.1) is 32.4 Å². The van der Waals surface area contributed by atoms with Crippen LogP contribution >= 0.6 is 0 Å². The molecule has 0 saturated heterocycles. The molecule has 1 aliphatic rings. The summed E-state index contributed by atoms with van der Waals surface area (Å²) in [6.45, 7) is 2.00. The van der Waals surface area contributed by atoms with Crippen LogP contribution in [0.5, 0.6) is 5.75 Å². The van der Waals surface area contributed by atoms with Gasteiger partial charge >= 0.3 is 6.09 Å². The van der Waals surface area contributed by atoms with E-state index in [4.69, 9.17) is 9.47 Å². The van der Waals surface area contributed by atoms with Gasteiger partial charge in [-0.2, -0.15) is 0 Å². The normalized spacial score (nSPS) is 18.1. The van der Waals surface area contributed by atoms with Crippen molar-refractivity contribution in [1.82, 2.24) is 5.32 Å². The fraction of sp³-hybridized carbons (Fsp3) is 0.350. The van der Waals surface area contributed by atoms with Crippen LogP contribution in [-0.2, 0) is 17.8 Å². The maximum Gasteiger partial charge on any atom is 0.407 e. The van der Waals surface area contributed by atoms with Crippen LogP contribution in [0.4, 0.5) is 10.5 Å². The number of benzene rings is 2. The van der Waals surface area contributed by atoms with Crippen LogP contribution in [0.1, 0.15) is 29.7 Å². The Morgan fingerprint density at radius 1 is 1.27 bits per heavy atom. The number of hydrogen-bond donors (Lipinski definition) is 3. The number of ether oxygens (including phenoxy) is 2. The van der Waals surface area contributed by atoms with E-state index in [9.17, 15) is 9.90 Å². The van der Waals surface area contributed by atoms with Crippen molar-refractivity contribution in [3.05, 3.63) is 59.2 Å². The lowest BCUT2D eigenvalue weighted by Crippen LogP contribution is -2.40. The summed E-state index contributed by atoms with van der Waals surface area (Å²) in [6.07, 6.45) is 0.297. The van der Waals surface area contributed by atoms with E-state index in [1.807, 2.05) is 24.3 Å². The monoisotopic (exact) mass is 356 g/mol. The molecule has 0 bridgehead atoms. The van der Waals surface area contributed by atoms with Gasteiger partial charge in [-0.1, -0.05) is 24.3 Å². The summed E-state index contributed by atoms with van der Waals surface area (Å²) < 4.78 is 10.3. The average molecular weight is 356 g/mol. The molecule has 0 saturated carbocycles. The highest BCUT2D eigenvalue weighted by atomic mass is 16.5. The third kappa shape index (κ3) is 3.75. The van der Waals surface area contributed by atoms with Crippen molar-refractivity contribution in [2.24, 2.45) is 0 Å². The zero-order valence-electron chi connectivity index (χ0n) is 15.0. The van der Waals surface area contributed by atoms with Gasteiger partial charge in [0.1, 0.15) is 5.75 Å². The lowest BCUT2D eigenvalue weighted by atomic mass is 10.1. The Bertz CT molecular complexity index is 778. The number of amides is 1. The van der Waals surface area contributed by atoms with Crippen LogP contribution in [-0.4, -0.2) is 31.0 Å². The zero-order valence-corrected chi connectivity index (χ0v) is 15.0. The van der Waals surface area contributed by atoms with Crippen molar-refractivity contribution in [3.63, 3.8) is 0 Å². The maximum absolute atomic E-state index is 11.9.